The van der Waals surface area contributed by atoms with E-state index in [1.807, 2.05) is 6.07 Å². The van der Waals surface area contributed by atoms with Crippen LogP contribution < -0.4 is 16.0 Å². The Bertz CT molecular complexity index is 1120. The molecule has 0 spiro atoms. The Morgan fingerprint density at radius 3 is 2.64 bits per heavy atom. The molecule has 33 heavy (non-hydrogen) atoms. The molecule has 9 nitrogen and oxygen atoms in total. The second-order valence-electron chi connectivity index (χ2n) is 7.47. The van der Waals surface area contributed by atoms with E-state index in [1.165, 1.54) is 11.1 Å². The molecule has 3 aromatic rings. The Kier molecular flexibility index (Phi) is 8.59. The third kappa shape index (κ3) is 7.18. The van der Waals surface area contributed by atoms with Crippen LogP contribution in [-0.4, -0.2) is 53.1 Å². The largest absolute Gasteiger partial charge is 0.356 e. The van der Waals surface area contributed by atoms with Crippen LogP contribution in [0.5, 0.6) is 0 Å². The summed E-state index contributed by atoms with van der Waals surface area (Å²) in [6, 6.07) is 10.5. The molecule has 1 aliphatic rings. The molecule has 1 saturated heterocycles. The van der Waals surface area contributed by atoms with Gasteiger partial charge in [-0.2, -0.15) is 0 Å². The third-order valence-electron chi connectivity index (χ3n) is 4.97. The molecule has 2 unspecified atom stereocenters. The molecule has 0 aliphatic carbocycles. The van der Waals surface area contributed by atoms with Crippen molar-refractivity contribution in [3.05, 3.63) is 58.5 Å². The number of thiophene rings is 1. The lowest BCUT2D eigenvalue weighted by molar-refractivity contribution is -0.125. The van der Waals surface area contributed by atoms with Gasteiger partial charge < -0.3 is 20.7 Å². The van der Waals surface area contributed by atoms with Crippen molar-refractivity contribution >= 4 is 46.4 Å². The maximum atomic E-state index is 12.2. The predicted octanol–water partition coefficient (Wildman–Crippen LogP) is 1.63. The van der Waals surface area contributed by atoms with Gasteiger partial charge in [-0.05, 0) is 43.3 Å². The minimum Gasteiger partial charge on any atom is -0.356 e. The summed E-state index contributed by atoms with van der Waals surface area (Å²) in [5.74, 6) is -1.46. The SMILES string of the molecule is Cc1cccs1.O=CC(CC1CCNC1=O)NC(=O)CNC(=O)c1cnc2ccccc2n1. The number of para-hydroxylation sites is 2. The Labute approximate surface area is 195 Å². The third-order valence-corrected chi connectivity index (χ3v) is 5.77. The molecule has 1 aliphatic heterocycles. The summed E-state index contributed by atoms with van der Waals surface area (Å²) in [6.45, 7) is 2.37. The monoisotopic (exact) mass is 467 g/mol. The quantitative estimate of drug-likeness (QED) is 0.453. The van der Waals surface area contributed by atoms with Crippen molar-refractivity contribution in [1.29, 1.82) is 0 Å². The van der Waals surface area contributed by atoms with Gasteiger partial charge in [0.2, 0.25) is 11.8 Å². The maximum Gasteiger partial charge on any atom is 0.271 e. The van der Waals surface area contributed by atoms with Crippen molar-refractivity contribution in [2.45, 2.75) is 25.8 Å². The summed E-state index contributed by atoms with van der Waals surface area (Å²) < 4.78 is 0. The number of aldehydes is 1. The van der Waals surface area contributed by atoms with E-state index in [2.05, 4.69) is 50.4 Å². The number of aromatic nitrogens is 2. The molecular weight excluding hydrogens is 442 g/mol. The number of amides is 3. The number of hydrogen-bond donors (Lipinski definition) is 3. The lowest BCUT2D eigenvalue weighted by atomic mass is 9.99. The number of hydrogen-bond acceptors (Lipinski definition) is 7. The second kappa shape index (κ2) is 11.8. The van der Waals surface area contributed by atoms with Crippen molar-refractivity contribution in [2.75, 3.05) is 13.1 Å². The zero-order valence-electron chi connectivity index (χ0n) is 18.1. The average Bonchev–Trinajstić information content (AvgIpc) is 3.47. The van der Waals surface area contributed by atoms with Crippen molar-refractivity contribution in [3.63, 3.8) is 0 Å². The van der Waals surface area contributed by atoms with Crippen LogP contribution in [-0.2, 0) is 14.4 Å². The van der Waals surface area contributed by atoms with Gasteiger partial charge >= 0.3 is 0 Å². The highest BCUT2D eigenvalue weighted by Crippen LogP contribution is 2.15. The number of carbonyl (C=O) groups excluding carboxylic acids is 4. The highest BCUT2D eigenvalue weighted by Gasteiger charge is 2.27. The normalized spacial score (nSPS) is 15.7. The van der Waals surface area contributed by atoms with Crippen LogP contribution >= 0.6 is 11.3 Å². The smallest absolute Gasteiger partial charge is 0.271 e. The molecule has 4 rings (SSSR count). The zero-order valence-corrected chi connectivity index (χ0v) is 18.9. The fourth-order valence-corrected chi connectivity index (χ4v) is 3.79. The molecule has 0 saturated carbocycles. The summed E-state index contributed by atoms with van der Waals surface area (Å²) >= 11 is 1.78. The second-order valence-corrected chi connectivity index (χ2v) is 8.62. The fourth-order valence-electron chi connectivity index (χ4n) is 3.26. The van der Waals surface area contributed by atoms with Gasteiger partial charge in [0, 0.05) is 17.3 Å². The Hall–Kier alpha value is -3.66. The van der Waals surface area contributed by atoms with Gasteiger partial charge in [0.15, 0.2) is 0 Å². The van der Waals surface area contributed by atoms with Crippen molar-refractivity contribution in [2.24, 2.45) is 5.92 Å². The number of nitrogens with zero attached hydrogens (tertiary/aromatic N) is 2. The molecule has 1 fully saturated rings. The van der Waals surface area contributed by atoms with E-state index in [9.17, 15) is 19.2 Å². The van der Waals surface area contributed by atoms with Crippen molar-refractivity contribution < 1.29 is 19.2 Å². The number of nitrogens with one attached hydrogen (secondary N) is 3. The van der Waals surface area contributed by atoms with Crippen LogP contribution in [0.15, 0.2) is 48.0 Å². The molecule has 2 aromatic heterocycles. The fraction of sp³-hybridized carbons (Fsp3) is 0.304. The first-order valence-electron chi connectivity index (χ1n) is 10.5. The van der Waals surface area contributed by atoms with Gasteiger partial charge in [-0.1, -0.05) is 18.2 Å². The molecule has 0 bridgehead atoms. The Balaban J connectivity index is 0.000000442. The van der Waals surface area contributed by atoms with E-state index in [0.29, 0.717) is 30.3 Å². The van der Waals surface area contributed by atoms with E-state index in [1.54, 1.807) is 29.5 Å². The highest BCUT2D eigenvalue weighted by molar-refractivity contribution is 7.09. The molecular formula is C23H25N5O4S. The van der Waals surface area contributed by atoms with Crippen LogP contribution in [0.1, 0.15) is 28.2 Å². The summed E-state index contributed by atoms with van der Waals surface area (Å²) in [5, 5.41) is 9.72. The van der Waals surface area contributed by atoms with E-state index >= 15 is 0 Å². The molecule has 10 heteroatoms. The topological polar surface area (TPSA) is 130 Å². The minimum atomic E-state index is -0.774. The standard InChI is InChI=1S/C18H19N5O4.C5H6S/c24-10-12(7-11-5-6-19-17(11)26)22-16(25)9-21-18(27)15-8-20-13-3-1-2-4-14(13)23-15;1-5-3-2-4-6-5/h1-4,8,10-12H,5-7,9H2,(H,19,26)(H,21,27)(H,22,25);2-4H,1H3. The number of rotatable bonds is 7. The van der Waals surface area contributed by atoms with E-state index < -0.39 is 17.9 Å². The number of aryl methyl sites for hydroxylation is 1. The van der Waals surface area contributed by atoms with Crippen LogP contribution in [0.25, 0.3) is 11.0 Å². The Morgan fingerprint density at radius 1 is 1.24 bits per heavy atom. The Morgan fingerprint density at radius 2 is 2.03 bits per heavy atom. The van der Waals surface area contributed by atoms with Crippen molar-refractivity contribution in [3.8, 4) is 0 Å². The van der Waals surface area contributed by atoms with E-state index in [-0.39, 0.29) is 30.5 Å². The molecule has 172 valence electrons. The summed E-state index contributed by atoms with van der Waals surface area (Å²) in [7, 11) is 0. The lowest BCUT2D eigenvalue weighted by Gasteiger charge is -2.15. The summed E-state index contributed by atoms with van der Waals surface area (Å²) in [5.41, 5.74) is 1.33. The number of carbonyl (C=O) groups is 4. The molecule has 3 heterocycles. The average molecular weight is 468 g/mol. The molecule has 2 atom stereocenters. The molecule has 0 radical (unpaired) electrons. The van der Waals surface area contributed by atoms with Crippen LogP contribution in [0.4, 0.5) is 0 Å². The first-order valence-corrected chi connectivity index (χ1v) is 11.4. The molecule has 1 aromatic carbocycles. The van der Waals surface area contributed by atoms with Gasteiger partial charge in [0.25, 0.3) is 5.91 Å². The van der Waals surface area contributed by atoms with Gasteiger partial charge in [0.1, 0.15) is 12.0 Å². The van der Waals surface area contributed by atoms with Crippen LogP contribution in [0.3, 0.4) is 0 Å². The van der Waals surface area contributed by atoms with Gasteiger partial charge in [0.05, 0.1) is 29.8 Å². The van der Waals surface area contributed by atoms with E-state index in [4.69, 9.17) is 0 Å². The van der Waals surface area contributed by atoms with Crippen molar-refractivity contribution in [1.82, 2.24) is 25.9 Å². The predicted molar refractivity (Wildman–Crippen MR) is 125 cm³/mol. The maximum absolute atomic E-state index is 12.2. The zero-order chi connectivity index (χ0) is 23.6. The molecule has 3 N–H and O–H groups in total. The first kappa shape index (κ1) is 24.0. The van der Waals surface area contributed by atoms with Gasteiger partial charge in [-0.3, -0.25) is 19.4 Å². The summed E-state index contributed by atoms with van der Waals surface area (Å²) in [6.07, 6.45) is 2.81. The van der Waals surface area contributed by atoms with Gasteiger partial charge in [-0.15, -0.1) is 11.3 Å². The number of fused-ring (bicyclic) bond motifs is 1. The van der Waals surface area contributed by atoms with E-state index in [0.717, 1.165) is 0 Å². The summed E-state index contributed by atoms with van der Waals surface area (Å²) in [4.78, 5) is 56.6. The minimum absolute atomic E-state index is 0.0936. The number of benzene rings is 1. The molecule has 3 amide bonds. The highest BCUT2D eigenvalue weighted by atomic mass is 32.1. The van der Waals surface area contributed by atoms with Crippen LogP contribution in [0, 0.1) is 12.8 Å². The van der Waals surface area contributed by atoms with Crippen LogP contribution in [0.2, 0.25) is 0 Å². The lowest BCUT2D eigenvalue weighted by Crippen LogP contribution is -2.44. The first-order chi connectivity index (χ1) is 16.0. The van der Waals surface area contributed by atoms with Gasteiger partial charge in [-0.25, -0.2) is 4.98 Å².